The molecule has 2 unspecified atom stereocenters. The molecule has 2 aliphatic rings. The SMILES string of the molecule is CC1CNCC1NS(=O)(=O)N1CCOCC1. The Morgan fingerprint density at radius 2 is 2.00 bits per heavy atom. The normalized spacial score (nSPS) is 33.1. The fraction of sp³-hybridized carbons (Fsp3) is 1.00. The third-order valence-electron chi connectivity index (χ3n) is 3.13. The van der Waals surface area contributed by atoms with E-state index < -0.39 is 10.2 Å². The van der Waals surface area contributed by atoms with Crippen LogP contribution in [0.4, 0.5) is 0 Å². The molecule has 2 saturated heterocycles. The first-order valence-electron chi connectivity index (χ1n) is 5.65. The zero-order chi connectivity index (χ0) is 11.6. The van der Waals surface area contributed by atoms with Crippen molar-refractivity contribution in [3.8, 4) is 0 Å². The molecule has 6 nitrogen and oxygen atoms in total. The maximum Gasteiger partial charge on any atom is 0.279 e. The molecule has 2 heterocycles. The van der Waals surface area contributed by atoms with Gasteiger partial charge in [0.25, 0.3) is 10.2 Å². The molecule has 0 bridgehead atoms. The molecule has 0 amide bonds. The van der Waals surface area contributed by atoms with Crippen LogP contribution in [0.1, 0.15) is 6.92 Å². The standard InChI is InChI=1S/C9H19N3O3S/c1-8-6-10-7-9(8)11-16(13,14)12-2-4-15-5-3-12/h8-11H,2-7H2,1H3. The predicted octanol–water partition coefficient (Wildman–Crippen LogP) is -1.24. The van der Waals surface area contributed by atoms with E-state index >= 15 is 0 Å². The molecule has 7 heteroatoms. The summed E-state index contributed by atoms with van der Waals surface area (Å²) in [5.74, 6) is 0.343. The zero-order valence-electron chi connectivity index (χ0n) is 9.48. The Morgan fingerprint density at radius 1 is 1.31 bits per heavy atom. The van der Waals surface area contributed by atoms with Crippen LogP contribution in [0.15, 0.2) is 0 Å². The van der Waals surface area contributed by atoms with E-state index in [1.807, 2.05) is 6.92 Å². The summed E-state index contributed by atoms with van der Waals surface area (Å²) in [5.41, 5.74) is 0. The summed E-state index contributed by atoms with van der Waals surface area (Å²) in [6.45, 7) is 5.50. The van der Waals surface area contributed by atoms with E-state index in [1.54, 1.807) is 0 Å². The molecule has 0 radical (unpaired) electrons. The van der Waals surface area contributed by atoms with Crippen molar-refractivity contribution in [2.45, 2.75) is 13.0 Å². The van der Waals surface area contributed by atoms with Gasteiger partial charge in [-0.1, -0.05) is 6.92 Å². The van der Waals surface area contributed by atoms with Gasteiger partial charge in [0.1, 0.15) is 0 Å². The zero-order valence-corrected chi connectivity index (χ0v) is 10.3. The molecule has 2 aliphatic heterocycles. The number of nitrogens with zero attached hydrogens (tertiary/aromatic N) is 1. The molecule has 94 valence electrons. The largest absolute Gasteiger partial charge is 0.379 e. The molecule has 2 N–H and O–H groups in total. The summed E-state index contributed by atoms with van der Waals surface area (Å²) in [4.78, 5) is 0. The minimum absolute atomic E-state index is 0.00726. The topological polar surface area (TPSA) is 70.7 Å². The molecule has 2 atom stereocenters. The highest BCUT2D eigenvalue weighted by atomic mass is 32.2. The van der Waals surface area contributed by atoms with Crippen molar-refractivity contribution < 1.29 is 13.2 Å². The van der Waals surface area contributed by atoms with Crippen LogP contribution in [0.5, 0.6) is 0 Å². The van der Waals surface area contributed by atoms with Gasteiger partial charge in [-0.05, 0) is 12.5 Å². The van der Waals surface area contributed by atoms with Gasteiger partial charge in [-0.15, -0.1) is 0 Å². The molecule has 0 spiro atoms. The van der Waals surface area contributed by atoms with Crippen molar-refractivity contribution in [2.24, 2.45) is 5.92 Å². The Kier molecular flexibility index (Phi) is 3.81. The molecule has 0 aromatic rings. The lowest BCUT2D eigenvalue weighted by Crippen LogP contribution is -2.51. The molecule has 0 aromatic carbocycles. The van der Waals surface area contributed by atoms with E-state index in [9.17, 15) is 8.42 Å². The van der Waals surface area contributed by atoms with Crippen LogP contribution >= 0.6 is 0 Å². The second-order valence-electron chi connectivity index (χ2n) is 4.38. The molecular weight excluding hydrogens is 230 g/mol. The fourth-order valence-corrected chi connectivity index (χ4v) is 3.50. The van der Waals surface area contributed by atoms with Gasteiger partial charge in [-0.2, -0.15) is 17.4 Å². The van der Waals surface area contributed by atoms with Gasteiger partial charge in [0, 0.05) is 25.7 Å². The van der Waals surface area contributed by atoms with Crippen molar-refractivity contribution >= 4 is 10.2 Å². The lowest BCUT2D eigenvalue weighted by molar-refractivity contribution is 0.0722. The quantitative estimate of drug-likeness (QED) is 0.656. The van der Waals surface area contributed by atoms with E-state index in [2.05, 4.69) is 10.0 Å². The maximum absolute atomic E-state index is 12.0. The Balaban J connectivity index is 1.96. The van der Waals surface area contributed by atoms with Crippen molar-refractivity contribution in [2.75, 3.05) is 39.4 Å². The summed E-state index contributed by atoms with van der Waals surface area (Å²) in [6.07, 6.45) is 0. The molecule has 0 aromatic heterocycles. The second kappa shape index (κ2) is 4.97. The van der Waals surface area contributed by atoms with Crippen molar-refractivity contribution in [3.63, 3.8) is 0 Å². The van der Waals surface area contributed by atoms with Gasteiger partial charge in [0.15, 0.2) is 0 Å². The second-order valence-corrected chi connectivity index (χ2v) is 6.08. The number of morpholine rings is 1. The summed E-state index contributed by atoms with van der Waals surface area (Å²) in [5, 5.41) is 3.18. The minimum atomic E-state index is -3.34. The van der Waals surface area contributed by atoms with Crippen LogP contribution < -0.4 is 10.0 Å². The third-order valence-corrected chi connectivity index (χ3v) is 4.77. The van der Waals surface area contributed by atoms with Crippen LogP contribution in [0.25, 0.3) is 0 Å². The summed E-state index contributed by atoms with van der Waals surface area (Å²) in [7, 11) is -3.34. The van der Waals surface area contributed by atoms with Gasteiger partial charge in [0.05, 0.1) is 13.2 Å². The number of nitrogens with one attached hydrogen (secondary N) is 2. The van der Waals surface area contributed by atoms with Gasteiger partial charge in [0.2, 0.25) is 0 Å². The maximum atomic E-state index is 12.0. The van der Waals surface area contributed by atoms with Crippen molar-refractivity contribution in [1.29, 1.82) is 0 Å². The monoisotopic (exact) mass is 249 g/mol. The summed E-state index contributed by atoms with van der Waals surface area (Å²) in [6, 6.07) is 0.00726. The Labute approximate surface area is 96.5 Å². The van der Waals surface area contributed by atoms with Crippen LogP contribution in [0.3, 0.4) is 0 Å². The average molecular weight is 249 g/mol. The van der Waals surface area contributed by atoms with E-state index in [-0.39, 0.29) is 6.04 Å². The first-order valence-corrected chi connectivity index (χ1v) is 7.09. The smallest absolute Gasteiger partial charge is 0.279 e. The van der Waals surface area contributed by atoms with E-state index in [0.717, 1.165) is 6.54 Å². The average Bonchev–Trinajstić information content (AvgIpc) is 2.65. The molecule has 16 heavy (non-hydrogen) atoms. The van der Waals surface area contributed by atoms with E-state index in [1.165, 1.54) is 4.31 Å². The Bertz CT molecular complexity index is 327. The van der Waals surface area contributed by atoms with E-state index in [0.29, 0.717) is 38.8 Å². The van der Waals surface area contributed by atoms with Crippen LogP contribution in [-0.4, -0.2) is 58.2 Å². The van der Waals surface area contributed by atoms with Crippen molar-refractivity contribution in [3.05, 3.63) is 0 Å². The highest BCUT2D eigenvalue weighted by molar-refractivity contribution is 7.87. The third kappa shape index (κ3) is 2.72. The van der Waals surface area contributed by atoms with Crippen LogP contribution in [0, 0.1) is 5.92 Å². The summed E-state index contributed by atoms with van der Waals surface area (Å²) >= 11 is 0. The Morgan fingerprint density at radius 3 is 2.56 bits per heavy atom. The van der Waals surface area contributed by atoms with Gasteiger partial charge in [-0.25, -0.2) is 0 Å². The number of hydrogen-bond acceptors (Lipinski definition) is 4. The molecule has 0 saturated carbocycles. The lowest BCUT2D eigenvalue weighted by Gasteiger charge is -2.28. The lowest BCUT2D eigenvalue weighted by atomic mass is 10.1. The van der Waals surface area contributed by atoms with Gasteiger partial charge < -0.3 is 10.1 Å². The van der Waals surface area contributed by atoms with Crippen LogP contribution in [0.2, 0.25) is 0 Å². The van der Waals surface area contributed by atoms with Crippen LogP contribution in [-0.2, 0) is 14.9 Å². The van der Waals surface area contributed by atoms with Gasteiger partial charge >= 0.3 is 0 Å². The fourth-order valence-electron chi connectivity index (χ4n) is 2.02. The number of hydrogen-bond donors (Lipinski definition) is 2. The highest BCUT2D eigenvalue weighted by Gasteiger charge is 2.31. The molecule has 2 fully saturated rings. The van der Waals surface area contributed by atoms with E-state index in [4.69, 9.17) is 4.74 Å². The van der Waals surface area contributed by atoms with Crippen molar-refractivity contribution in [1.82, 2.24) is 14.3 Å². The molecular formula is C9H19N3O3S. The minimum Gasteiger partial charge on any atom is -0.379 e. The highest BCUT2D eigenvalue weighted by Crippen LogP contribution is 2.11. The first kappa shape index (κ1) is 12.3. The Hall–Kier alpha value is -0.210. The molecule has 0 aliphatic carbocycles. The number of rotatable bonds is 3. The summed E-state index contributed by atoms with van der Waals surface area (Å²) < 4.78 is 33.4. The molecule has 2 rings (SSSR count). The number of ether oxygens (including phenoxy) is 1. The van der Waals surface area contributed by atoms with Gasteiger partial charge in [-0.3, -0.25) is 0 Å². The first-order chi connectivity index (χ1) is 7.59. The predicted molar refractivity (Wildman–Crippen MR) is 60.3 cm³/mol.